The Morgan fingerprint density at radius 2 is 2.38 bits per heavy atom. The summed E-state index contributed by atoms with van der Waals surface area (Å²) in [6, 6.07) is 5.71. The van der Waals surface area contributed by atoms with Gasteiger partial charge in [0.25, 0.3) is 0 Å². The molecule has 0 fully saturated rings. The molecule has 2 N–H and O–H groups in total. The first-order valence-corrected chi connectivity index (χ1v) is 4.40. The molecule has 1 aliphatic rings. The Hall–Kier alpha value is -1.42. The molecular weight excluding hydrogens is 184 g/mol. The molecule has 1 aromatic carbocycles. The van der Waals surface area contributed by atoms with Crippen molar-refractivity contribution in [2.24, 2.45) is 0 Å². The topological polar surface area (TPSA) is 41.1 Å². The van der Waals surface area contributed by atoms with Crippen LogP contribution in [0.4, 0.5) is 11.4 Å². The van der Waals surface area contributed by atoms with Crippen LogP contribution in [0.2, 0.25) is 0 Å². The molecule has 13 heavy (non-hydrogen) atoms. The Labute approximate surface area is 81.1 Å². The summed E-state index contributed by atoms with van der Waals surface area (Å²) in [7, 11) is 0. The molecule has 3 nitrogen and oxygen atoms in total. The predicted molar refractivity (Wildman–Crippen MR) is 56.1 cm³/mol. The number of carbonyl (C=O) groups excluding carboxylic acids is 1. The first kappa shape index (κ1) is 8.19. The van der Waals surface area contributed by atoms with Crippen LogP contribution >= 0.6 is 12.2 Å². The maximum Gasteiger partial charge on any atom is 0.228 e. The van der Waals surface area contributed by atoms with Gasteiger partial charge in [-0.2, -0.15) is 0 Å². The fraction of sp³-hybridized carbons (Fsp3) is 0.111. The summed E-state index contributed by atoms with van der Waals surface area (Å²) in [5, 5.41) is 5.66. The number of thiocarbonyl (C=S) groups is 1. The van der Waals surface area contributed by atoms with Crippen LogP contribution in [0, 0.1) is 0 Å². The van der Waals surface area contributed by atoms with E-state index in [0.717, 1.165) is 16.9 Å². The molecule has 0 spiro atoms. The highest BCUT2D eigenvalue weighted by Gasteiger charge is 2.16. The van der Waals surface area contributed by atoms with E-state index in [2.05, 4.69) is 22.9 Å². The van der Waals surface area contributed by atoms with Crippen LogP contribution < -0.4 is 10.6 Å². The third-order valence-electron chi connectivity index (χ3n) is 1.96. The second kappa shape index (κ2) is 3.14. The molecule has 66 valence electrons. The number of nitrogens with one attached hydrogen (secondary N) is 2. The number of rotatable bonds is 2. The number of hydrogen-bond donors (Lipinski definition) is 2. The van der Waals surface area contributed by atoms with Gasteiger partial charge in [0.15, 0.2) is 0 Å². The molecule has 0 saturated carbocycles. The van der Waals surface area contributed by atoms with E-state index >= 15 is 0 Å². The summed E-state index contributed by atoms with van der Waals surface area (Å²) in [4.78, 5) is 11.0. The van der Waals surface area contributed by atoms with Crippen molar-refractivity contribution in [3.8, 4) is 0 Å². The number of fused-ring (bicyclic) bond motifs is 1. The zero-order chi connectivity index (χ0) is 9.26. The predicted octanol–water partition coefficient (Wildman–Crippen LogP) is 1.55. The van der Waals surface area contributed by atoms with Crippen LogP contribution in [0.3, 0.4) is 0 Å². The van der Waals surface area contributed by atoms with E-state index in [1.807, 2.05) is 18.2 Å². The quantitative estimate of drug-likeness (QED) is 0.698. The molecule has 1 aliphatic heterocycles. The van der Waals surface area contributed by atoms with Crippen molar-refractivity contribution >= 4 is 35.0 Å². The number of amides is 1. The summed E-state index contributed by atoms with van der Waals surface area (Å²) in [6.07, 6.45) is 0.479. The molecule has 0 aromatic heterocycles. The molecule has 0 aliphatic carbocycles. The second-order valence-corrected chi connectivity index (χ2v) is 3.09. The molecule has 4 heteroatoms. The standard InChI is InChI=1S/C9H8N2OS/c12-9-3-6-1-2-7(10-5-13)4-8(6)11-9/h1-2,4-5H,3H2,(H,10,13)(H,11,12). The minimum Gasteiger partial charge on any atom is -0.353 e. The lowest BCUT2D eigenvalue weighted by Crippen LogP contribution is -2.03. The maximum absolute atomic E-state index is 11.0. The minimum absolute atomic E-state index is 0.0505. The minimum atomic E-state index is 0.0505. The van der Waals surface area contributed by atoms with Gasteiger partial charge in [-0.05, 0) is 17.7 Å². The van der Waals surface area contributed by atoms with E-state index in [9.17, 15) is 4.79 Å². The fourth-order valence-electron chi connectivity index (χ4n) is 1.37. The van der Waals surface area contributed by atoms with Crippen molar-refractivity contribution in [3.05, 3.63) is 23.8 Å². The Balaban J connectivity index is 2.34. The zero-order valence-corrected chi connectivity index (χ0v) is 7.65. The van der Waals surface area contributed by atoms with Crippen molar-refractivity contribution < 1.29 is 4.79 Å². The Morgan fingerprint density at radius 3 is 3.15 bits per heavy atom. The van der Waals surface area contributed by atoms with E-state index in [4.69, 9.17) is 0 Å². The van der Waals surface area contributed by atoms with Crippen LogP contribution in [-0.4, -0.2) is 11.4 Å². The lowest BCUT2D eigenvalue weighted by atomic mass is 10.1. The van der Waals surface area contributed by atoms with E-state index in [1.165, 1.54) is 5.49 Å². The summed E-state index contributed by atoms with van der Waals surface area (Å²) in [5.74, 6) is 0.0505. The van der Waals surface area contributed by atoms with Gasteiger partial charge in [0, 0.05) is 11.4 Å². The van der Waals surface area contributed by atoms with Crippen LogP contribution in [0.25, 0.3) is 0 Å². The van der Waals surface area contributed by atoms with Gasteiger partial charge in [-0.1, -0.05) is 18.3 Å². The molecule has 0 bridgehead atoms. The van der Waals surface area contributed by atoms with Gasteiger partial charge < -0.3 is 10.6 Å². The van der Waals surface area contributed by atoms with E-state index in [1.54, 1.807) is 0 Å². The number of benzene rings is 1. The van der Waals surface area contributed by atoms with Crippen molar-refractivity contribution in [1.29, 1.82) is 0 Å². The van der Waals surface area contributed by atoms with Gasteiger partial charge in [0.05, 0.1) is 11.9 Å². The van der Waals surface area contributed by atoms with Gasteiger partial charge in [-0.25, -0.2) is 0 Å². The fourth-order valence-corrected chi connectivity index (χ4v) is 1.51. The first-order valence-electron chi connectivity index (χ1n) is 3.92. The summed E-state index contributed by atoms with van der Waals surface area (Å²) >= 11 is 4.66. The molecular formula is C9H8N2OS. The van der Waals surface area contributed by atoms with Gasteiger partial charge in [0.1, 0.15) is 0 Å². The second-order valence-electron chi connectivity index (χ2n) is 2.86. The molecule has 0 unspecified atom stereocenters. The highest BCUT2D eigenvalue weighted by Crippen LogP contribution is 2.25. The van der Waals surface area contributed by atoms with Crippen LogP contribution in [0.5, 0.6) is 0 Å². The average molecular weight is 192 g/mol. The lowest BCUT2D eigenvalue weighted by Gasteiger charge is -2.02. The summed E-state index contributed by atoms with van der Waals surface area (Å²) < 4.78 is 0. The molecule has 0 radical (unpaired) electrons. The number of hydrogen-bond acceptors (Lipinski definition) is 2. The van der Waals surface area contributed by atoms with Gasteiger partial charge in [0.2, 0.25) is 5.91 Å². The monoisotopic (exact) mass is 192 g/mol. The van der Waals surface area contributed by atoms with E-state index < -0.39 is 0 Å². The normalized spacial score (nSPS) is 13.4. The van der Waals surface area contributed by atoms with Gasteiger partial charge in [-0.3, -0.25) is 4.79 Å². The molecule has 0 atom stereocenters. The van der Waals surface area contributed by atoms with Gasteiger partial charge in [-0.15, -0.1) is 0 Å². The van der Waals surface area contributed by atoms with Crippen LogP contribution in [0.15, 0.2) is 18.2 Å². The molecule has 1 aromatic rings. The highest BCUT2D eigenvalue weighted by molar-refractivity contribution is 7.79. The zero-order valence-electron chi connectivity index (χ0n) is 6.83. The summed E-state index contributed by atoms with van der Waals surface area (Å²) in [6.45, 7) is 0. The van der Waals surface area contributed by atoms with Crippen LogP contribution in [0.1, 0.15) is 5.56 Å². The van der Waals surface area contributed by atoms with E-state index in [-0.39, 0.29) is 5.91 Å². The number of carbonyl (C=O) groups is 1. The highest BCUT2D eigenvalue weighted by atomic mass is 32.1. The van der Waals surface area contributed by atoms with Crippen molar-refractivity contribution in [1.82, 2.24) is 0 Å². The smallest absolute Gasteiger partial charge is 0.228 e. The molecule has 1 heterocycles. The van der Waals surface area contributed by atoms with Crippen LogP contribution in [-0.2, 0) is 11.2 Å². The van der Waals surface area contributed by atoms with E-state index in [0.29, 0.717) is 6.42 Å². The largest absolute Gasteiger partial charge is 0.353 e. The average Bonchev–Trinajstić information content (AvgIpc) is 2.44. The maximum atomic E-state index is 11.0. The van der Waals surface area contributed by atoms with Crippen molar-refractivity contribution in [2.75, 3.05) is 10.6 Å². The Morgan fingerprint density at radius 1 is 1.54 bits per heavy atom. The third-order valence-corrected chi connectivity index (χ3v) is 2.08. The third kappa shape index (κ3) is 1.53. The van der Waals surface area contributed by atoms with Gasteiger partial charge >= 0.3 is 0 Å². The first-order chi connectivity index (χ1) is 6.29. The Bertz CT molecular complexity index is 376. The van der Waals surface area contributed by atoms with Crippen molar-refractivity contribution in [3.63, 3.8) is 0 Å². The number of anilines is 2. The lowest BCUT2D eigenvalue weighted by molar-refractivity contribution is -0.115. The van der Waals surface area contributed by atoms with Crippen molar-refractivity contribution in [2.45, 2.75) is 6.42 Å². The molecule has 0 saturated heterocycles. The SMILES string of the molecule is O=C1Cc2ccc(NC=S)cc2N1. The Kier molecular flexibility index (Phi) is 1.98. The summed E-state index contributed by atoms with van der Waals surface area (Å²) in [5.41, 5.74) is 4.26. The molecule has 1 amide bonds. The molecule has 2 rings (SSSR count).